The van der Waals surface area contributed by atoms with Crippen molar-refractivity contribution in [1.82, 2.24) is 4.90 Å². The highest BCUT2D eigenvalue weighted by atomic mass is 35.5. The van der Waals surface area contributed by atoms with Gasteiger partial charge in [-0.05, 0) is 44.0 Å². The van der Waals surface area contributed by atoms with Crippen LogP contribution in [-0.4, -0.2) is 30.7 Å². The van der Waals surface area contributed by atoms with Crippen LogP contribution in [0.5, 0.6) is 0 Å². The average molecular weight is 269 g/mol. The van der Waals surface area contributed by atoms with E-state index in [4.69, 9.17) is 22.1 Å². The summed E-state index contributed by atoms with van der Waals surface area (Å²) < 4.78 is 5.60. The van der Waals surface area contributed by atoms with Crippen LogP contribution >= 0.6 is 11.6 Å². The van der Waals surface area contributed by atoms with E-state index in [1.807, 2.05) is 18.2 Å². The molecule has 1 atom stereocenters. The molecule has 1 heterocycles. The SMILES string of the molecule is COC1(C)CCCN(Cc2ccc(N)cc2Cl)C1. The number of nitrogens with zero attached hydrogens (tertiary/aromatic N) is 1. The minimum atomic E-state index is -0.0292. The molecule has 1 aliphatic rings. The predicted octanol–water partition coefficient (Wildman–Crippen LogP) is 2.92. The summed E-state index contributed by atoms with van der Waals surface area (Å²) in [5, 5.41) is 0.750. The molecule has 0 aliphatic carbocycles. The van der Waals surface area contributed by atoms with Crippen molar-refractivity contribution in [1.29, 1.82) is 0 Å². The van der Waals surface area contributed by atoms with Crippen molar-refractivity contribution in [3.63, 3.8) is 0 Å². The van der Waals surface area contributed by atoms with Gasteiger partial charge in [-0.15, -0.1) is 0 Å². The van der Waals surface area contributed by atoms with Gasteiger partial charge in [-0.25, -0.2) is 0 Å². The summed E-state index contributed by atoms with van der Waals surface area (Å²) in [6.45, 7) is 5.08. The van der Waals surface area contributed by atoms with Crippen molar-refractivity contribution in [2.75, 3.05) is 25.9 Å². The number of methoxy groups -OCH3 is 1. The molecule has 100 valence electrons. The molecule has 1 aromatic rings. The number of piperidine rings is 1. The van der Waals surface area contributed by atoms with Crippen LogP contribution in [0, 0.1) is 0 Å². The molecule has 0 spiro atoms. The minimum absolute atomic E-state index is 0.0292. The molecule has 1 saturated heterocycles. The summed E-state index contributed by atoms with van der Waals surface area (Å²) in [7, 11) is 1.79. The third-order valence-corrected chi connectivity index (χ3v) is 4.05. The van der Waals surface area contributed by atoms with E-state index >= 15 is 0 Å². The number of nitrogen functional groups attached to an aromatic ring is 1. The summed E-state index contributed by atoms with van der Waals surface area (Å²) in [6, 6.07) is 5.73. The summed E-state index contributed by atoms with van der Waals surface area (Å²) in [5.74, 6) is 0. The maximum Gasteiger partial charge on any atom is 0.0777 e. The molecular weight excluding hydrogens is 248 g/mol. The van der Waals surface area contributed by atoms with Crippen molar-refractivity contribution < 1.29 is 4.74 Å². The highest BCUT2D eigenvalue weighted by molar-refractivity contribution is 6.31. The minimum Gasteiger partial charge on any atom is -0.399 e. The third kappa shape index (κ3) is 3.16. The molecule has 1 unspecified atom stereocenters. The Morgan fingerprint density at radius 1 is 1.50 bits per heavy atom. The first-order chi connectivity index (χ1) is 8.52. The number of rotatable bonds is 3. The van der Waals surface area contributed by atoms with Crippen molar-refractivity contribution in [3.8, 4) is 0 Å². The van der Waals surface area contributed by atoms with Gasteiger partial charge in [0.1, 0.15) is 0 Å². The number of hydrogen-bond acceptors (Lipinski definition) is 3. The number of likely N-dealkylation sites (tertiary alicyclic amines) is 1. The molecule has 3 nitrogen and oxygen atoms in total. The van der Waals surface area contributed by atoms with E-state index in [9.17, 15) is 0 Å². The van der Waals surface area contributed by atoms with Crippen molar-refractivity contribution in [2.24, 2.45) is 0 Å². The first-order valence-electron chi connectivity index (χ1n) is 6.34. The Kier molecular flexibility index (Phi) is 4.15. The molecule has 1 aromatic carbocycles. The predicted molar refractivity (Wildman–Crippen MR) is 75.8 cm³/mol. The summed E-state index contributed by atoms with van der Waals surface area (Å²) in [6.07, 6.45) is 2.28. The molecule has 2 rings (SSSR count). The second-order valence-corrected chi connectivity index (χ2v) is 5.73. The fourth-order valence-corrected chi connectivity index (χ4v) is 2.79. The van der Waals surface area contributed by atoms with E-state index in [0.29, 0.717) is 5.69 Å². The van der Waals surface area contributed by atoms with E-state index in [1.54, 1.807) is 7.11 Å². The van der Waals surface area contributed by atoms with E-state index in [2.05, 4.69) is 11.8 Å². The fourth-order valence-electron chi connectivity index (χ4n) is 2.54. The van der Waals surface area contributed by atoms with Crippen LogP contribution in [0.15, 0.2) is 18.2 Å². The molecular formula is C14H21ClN2O. The van der Waals surface area contributed by atoms with E-state index in [0.717, 1.165) is 43.1 Å². The van der Waals surface area contributed by atoms with Crippen LogP contribution in [0.25, 0.3) is 0 Å². The largest absolute Gasteiger partial charge is 0.399 e. The van der Waals surface area contributed by atoms with Crippen molar-refractivity contribution in [3.05, 3.63) is 28.8 Å². The molecule has 0 saturated carbocycles. The molecule has 0 radical (unpaired) electrons. The van der Waals surface area contributed by atoms with Gasteiger partial charge in [0, 0.05) is 30.9 Å². The van der Waals surface area contributed by atoms with E-state index < -0.39 is 0 Å². The zero-order valence-electron chi connectivity index (χ0n) is 11.1. The molecule has 4 heteroatoms. The number of benzene rings is 1. The first kappa shape index (κ1) is 13.7. The van der Waals surface area contributed by atoms with Crippen LogP contribution in [0.3, 0.4) is 0 Å². The first-order valence-corrected chi connectivity index (χ1v) is 6.72. The highest BCUT2D eigenvalue weighted by Gasteiger charge is 2.30. The number of hydrogen-bond donors (Lipinski definition) is 1. The lowest BCUT2D eigenvalue weighted by Gasteiger charge is -2.39. The topological polar surface area (TPSA) is 38.5 Å². The maximum atomic E-state index is 6.22. The zero-order valence-corrected chi connectivity index (χ0v) is 11.8. The summed E-state index contributed by atoms with van der Waals surface area (Å²) >= 11 is 6.22. The normalized spacial score (nSPS) is 25.3. The fraction of sp³-hybridized carbons (Fsp3) is 0.571. The van der Waals surface area contributed by atoms with Gasteiger partial charge in [0.05, 0.1) is 5.60 Å². The quantitative estimate of drug-likeness (QED) is 0.857. The van der Waals surface area contributed by atoms with Gasteiger partial charge in [0.15, 0.2) is 0 Å². The number of ether oxygens (including phenoxy) is 1. The van der Waals surface area contributed by atoms with Gasteiger partial charge in [-0.3, -0.25) is 4.90 Å². The standard InChI is InChI=1S/C14H21ClN2O/c1-14(18-2)6-3-7-17(10-14)9-11-4-5-12(16)8-13(11)15/h4-5,8H,3,6-7,9-10,16H2,1-2H3. The molecule has 1 aliphatic heterocycles. The monoisotopic (exact) mass is 268 g/mol. The molecule has 0 aromatic heterocycles. The Bertz CT molecular complexity index is 424. The van der Waals surface area contributed by atoms with Gasteiger partial charge in [0.25, 0.3) is 0 Å². The van der Waals surface area contributed by atoms with Gasteiger partial charge in [-0.2, -0.15) is 0 Å². The Morgan fingerprint density at radius 3 is 2.94 bits per heavy atom. The maximum absolute atomic E-state index is 6.22. The van der Waals surface area contributed by atoms with Crippen LogP contribution < -0.4 is 5.73 Å². The van der Waals surface area contributed by atoms with Gasteiger partial charge in [-0.1, -0.05) is 17.7 Å². The van der Waals surface area contributed by atoms with Gasteiger partial charge < -0.3 is 10.5 Å². The Morgan fingerprint density at radius 2 is 2.28 bits per heavy atom. The lowest BCUT2D eigenvalue weighted by molar-refractivity contribution is -0.0526. The lowest BCUT2D eigenvalue weighted by atomic mass is 9.94. The van der Waals surface area contributed by atoms with Crippen LogP contribution in [0.2, 0.25) is 5.02 Å². The van der Waals surface area contributed by atoms with Crippen molar-refractivity contribution in [2.45, 2.75) is 31.9 Å². The second kappa shape index (κ2) is 5.47. The zero-order chi connectivity index (χ0) is 13.2. The number of nitrogens with two attached hydrogens (primary N) is 1. The third-order valence-electron chi connectivity index (χ3n) is 3.70. The summed E-state index contributed by atoms with van der Waals surface area (Å²) in [4.78, 5) is 2.39. The Hall–Kier alpha value is -0.770. The van der Waals surface area contributed by atoms with Crippen LogP contribution in [0.4, 0.5) is 5.69 Å². The molecule has 2 N–H and O–H groups in total. The molecule has 0 bridgehead atoms. The highest BCUT2D eigenvalue weighted by Crippen LogP contribution is 2.27. The molecule has 1 fully saturated rings. The van der Waals surface area contributed by atoms with E-state index in [-0.39, 0.29) is 5.60 Å². The van der Waals surface area contributed by atoms with Crippen LogP contribution in [0.1, 0.15) is 25.3 Å². The van der Waals surface area contributed by atoms with Crippen LogP contribution in [-0.2, 0) is 11.3 Å². The van der Waals surface area contributed by atoms with Crippen molar-refractivity contribution >= 4 is 17.3 Å². The second-order valence-electron chi connectivity index (χ2n) is 5.32. The Labute approximate surface area is 114 Å². The number of anilines is 1. The Balaban J connectivity index is 2.05. The van der Waals surface area contributed by atoms with E-state index in [1.165, 1.54) is 0 Å². The number of halogens is 1. The summed E-state index contributed by atoms with van der Waals surface area (Å²) in [5.41, 5.74) is 7.52. The average Bonchev–Trinajstić information content (AvgIpc) is 2.33. The lowest BCUT2D eigenvalue weighted by Crippen LogP contribution is -2.46. The van der Waals surface area contributed by atoms with Gasteiger partial charge >= 0.3 is 0 Å². The van der Waals surface area contributed by atoms with Gasteiger partial charge in [0.2, 0.25) is 0 Å². The smallest absolute Gasteiger partial charge is 0.0777 e. The molecule has 0 amide bonds. The molecule has 18 heavy (non-hydrogen) atoms.